The van der Waals surface area contributed by atoms with Gasteiger partial charge in [-0.2, -0.15) is 13.2 Å². The standard InChI is InChI=1S/C26H23F3N2/c1-17(2)19-11-9-18(10-12-19)16-31-21-6-3-5-20(15-21)22-13-14-30-25-23(22)7-4-8-24(25)26(27,28)29/h3-15,17,31H,16H2,1-2H3. The molecule has 2 nitrogen and oxygen atoms in total. The summed E-state index contributed by atoms with van der Waals surface area (Å²) in [5, 5.41) is 3.89. The predicted molar refractivity (Wildman–Crippen MR) is 120 cm³/mol. The van der Waals surface area contributed by atoms with Gasteiger partial charge in [0.2, 0.25) is 0 Å². The number of para-hydroxylation sites is 1. The molecular weight excluding hydrogens is 397 g/mol. The molecule has 0 amide bonds. The summed E-state index contributed by atoms with van der Waals surface area (Å²) < 4.78 is 40.2. The highest BCUT2D eigenvalue weighted by Gasteiger charge is 2.33. The topological polar surface area (TPSA) is 24.9 Å². The number of benzene rings is 3. The third-order valence-corrected chi connectivity index (χ3v) is 5.39. The van der Waals surface area contributed by atoms with Crippen molar-refractivity contribution < 1.29 is 13.2 Å². The van der Waals surface area contributed by atoms with Gasteiger partial charge in [0, 0.05) is 23.8 Å². The molecule has 0 atom stereocenters. The Balaban J connectivity index is 1.62. The van der Waals surface area contributed by atoms with E-state index in [9.17, 15) is 13.2 Å². The monoisotopic (exact) mass is 420 g/mol. The number of aromatic nitrogens is 1. The Morgan fingerprint density at radius 1 is 0.903 bits per heavy atom. The largest absolute Gasteiger partial charge is 0.418 e. The van der Waals surface area contributed by atoms with Crippen molar-refractivity contribution in [2.75, 3.05) is 5.32 Å². The highest BCUT2D eigenvalue weighted by atomic mass is 19.4. The van der Waals surface area contributed by atoms with E-state index in [4.69, 9.17) is 0 Å². The number of nitrogens with zero attached hydrogens (tertiary/aromatic N) is 1. The number of fused-ring (bicyclic) bond motifs is 1. The highest BCUT2D eigenvalue weighted by Crippen LogP contribution is 2.37. The van der Waals surface area contributed by atoms with Gasteiger partial charge in [-0.3, -0.25) is 4.98 Å². The maximum atomic E-state index is 13.4. The Labute approximate surface area is 179 Å². The van der Waals surface area contributed by atoms with Crippen molar-refractivity contribution in [3.8, 4) is 11.1 Å². The van der Waals surface area contributed by atoms with E-state index in [0.29, 0.717) is 17.8 Å². The number of hydrogen-bond donors (Lipinski definition) is 1. The summed E-state index contributed by atoms with van der Waals surface area (Å²) in [6, 6.07) is 22.2. The van der Waals surface area contributed by atoms with Gasteiger partial charge in [0.05, 0.1) is 11.1 Å². The second-order valence-electron chi connectivity index (χ2n) is 7.89. The van der Waals surface area contributed by atoms with E-state index in [1.807, 2.05) is 24.3 Å². The minimum absolute atomic E-state index is 0.0314. The van der Waals surface area contributed by atoms with Gasteiger partial charge in [0.1, 0.15) is 0 Å². The fourth-order valence-corrected chi connectivity index (χ4v) is 3.68. The zero-order valence-electron chi connectivity index (χ0n) is 17.4. The van der Waals surface area contributed by atoms with Crippen LogP contribution < -0.4 is 5.32 Å². The fourth-order valence-electron chi connectivity index (χ4n) is 3.68. The van der Waals surface area contributed by atoms with Gasteiger partial charge in [0.25, 0.3) is 0 Å². The maximum absolute atomic E-state index is 13.4. The molecule has 0 radical (unpaired) electrons. The maximum Gasteiger partial charge on any atom is 0.418 e. The molecule has 0 unspecified atom stereocenters. The van der Waals surface area contributed by atoms with E-state index < -0.39 is 11.7 Å². The Bertz CT molecular complexity index is 1200. The number of halogens is 3. The Kier molecular flexibility index (Phi) is 5.68. The zero-order valence-corrected chi connectivity index (χ0v) is 17.4. The summed E-state index contributed by atoms with van der Waals surface area (Å²) in [7, 11) is 0. The van der Waals surface area contributed by atoms with Crippen molar-refractivity contribution in [3.63, 3.8) is 0 Å². The minimum Gasteiger partial charge on any atom is -0.381 e. The molecule has 0 saturated carbocycles. The summed E-state index contributed by atoms with van der Waals surface area (Å²) in [5.41, 5.74) is 4.19. The van der Waals surface area contributed by atoms with Gasteiger partial charge in [0.15, 0.2) is 0 Å². The fraction of sp³-hybridized carbons (Fsp3) is 0.192. The highest BCUT2D eigenvalue weighted by molar-refractivity contribution is 5.96. The van der Waals surface area contributed by atoms with Crippen LogP contribution in [-0.2, 0) is 12.7 Å². The molecular formula is C26H23F3N2. The lowest BCUT2D eigenvalue weighted by Crippen LogP contribution is -2.06. The molecule has 5 heteroatoms. The average molecular weight is 420 g/mol. The molecule has 1 heterocycles. The van der Waals surface area contributed by atoms with Crippen molar-refractivity contribution in [1.82, 2.24) is 4.98 Å². The first kappa shape index (κ1) is 20.9. The number of anilines is 1. The van der Waals surface area contributed by atoms with Crippen LogP contribution in [-0.4, -0.2) is 4.98 Å². The zero-order chi connectivity index (χ0) is 22.0. The van der Waals surface area contributed by atoms with E-state index in [0.717, 1.165) is 22.9 Å². The summed E-state index contributed by atoms with van der Waals surface area (Å²) >= 11 is 0. The molecule has 1 N–H and O–H groups in total. The number of hydrogen-bond acceptors (Lipinski definition) is 2. The van der Waals surface area contributed by atoms with Crippen LogP contribution in [0.1, 0.15) is 36.5 Å². The van der Waals surface area contributed by atoms with Crippen LogP contribution in [0.15, 0.2) is 79.0 Å². The van der Waals surface area contributed by atoms with Crippen molar-refractivity contribution >= 4 is 16.6 Å². The van der Waals surface area contributed by atoms with Crippen molar-refractivity contribution in [2.24, 2.45) is 0 Å². The second kappa shape index (κ2) is 8.42. The number of nitrogens with one attached hydrogen (secondary N) is 1. The van der Waals surface area contributed by atoms with Gasteiger partial charge < -0.3 is 5.32 Å². The Hall–Kier alpha value is -3.34. The average Bonchev–Trinajstić information content (AvgIpc) is 2.76. The molecule has 0 aliphatic carbocycles. The molecule has 0 fully saturated rings. The van der Waals surface area contributed by atoms with Crippen molar-refractivity contribution in [2.45, 2.75) is 32.5 Å². The molecule has 4 rings (SSSR count). The molecule has 158 valence electrons. The third kappa shape index (κ3) is 4.55. The molecule has 3 aromatic carbocycles. The summed E-state index contributed by atoms with van der Waals surface area (Å²) in [6.07, 6.45) is -3.01. The SMILES string of the molecule is CC(C)c1ccc(CNc2cccc(-c3ccnc4c(C(F)(F)F)cccc34)c2)cc1. The lowest BCUT2D eigenvalue weighted by Gasteiger charge is -2.13. The van der Waals surface area contributed by atoms with Crippen LogP contribution >= 0.6 is 0 Å². The first-order chi connectivity index (χ1) is 14.8. The van der Waals surface area contributed by atoms with Crippen LogP contribution in [0.3, 0.4) is 0 Å². The first-order valence-electron chi connectivity index (χ1n) is 10.2. The lowest BCUT2D eigenvalue weighted by molar-refractivity contribution is -0.136. The van der Waals surface area contributed by atoms with E-state index in [1.165, 1.54) is 23.4 Å². The van der Waals surface area contributed by atoms with Crippen LogP contribution in [0.4, 0.5) is 18.9 Å². The van der Waals surface area contributed by atoms with Crippen LogP contribution in [0.25, 0.3) is 22.0 Å². The van der Waals surface area contributed by atoms with Crippen LogP contribution in [0.2, 0.25) is 0 Å². The van der Waals surface area contributed by atoms with Gasteiger partial charge in [-0.15, -0.1) is 0 Å². The van der Waals surface area contributed by atoms with Gasteiger partial charge in [-0.05, 0) is 52.4 Å². The quantitative estimate of drug-likeness (QED) is 0.358. The smallest absolute Gasteiger partial charge is 0.381 e. The summed E-state index contributed by atoms with van der Waals surface area (Å²) in [6.45, 7) is 5.00. The molecule has 4 aromatic rings. The molecule has 31 heavy (non-hydrogen) atoms. The van der Waals surface area contributed by atoms with E-state index in [2.05, 4.69) is 48.4 Å². The van der Waals surface area contributed by atoms with Crippen LogP contribution in [0.5, 0.6) is 0 Å². The van der Waals surface area contributed by atoms with Crippen LogP contribution in [0, 0.1) is 0 Å². The summed E-state index contributed by atoms with van der Waals surface area (Å²) in [4.78, 5) is 4.02. The number of pyridine rings is 1. The predicted octanol–water partition coefficient (Wildman–Crippen LogP) is 7.66. The van der Waals surface area contributed by atoms with E-state index in [1.54, 1.807) is 12.1 Å². The van der Waals surface area contributed by atoms with E-state index in [-0.39, 0.29) is 5.52 Å². The molecule has 0 aliphatic rings. The molecule has 0 bridgehead atoms. The third-order valence-electron chi connectivity index (χ3n) is 5.39. The minimum atomic E-state index is -4.44. The summed E-state index contributed by atoms with van der Waals surface area (Å²) in [5.74, 6) is 0.492. The molecule has 0 saturated heterocycles. The normalized spacial score (nSPS) is 11.8. The Morgan fingerprint density at radius 3 is 2.35 bits per heavy atom. The van der Waals surface area contributed by atoms with Gasteiger partial charge >= 0.3 is 6.18 Å². The van der Waals surface area contributed by atoms with Crippen molar-refractivity contribution in [3.05, 3.63) is 95.7 Å². The number of rotatable bonds is 5. The Morgan fingerprint density at radius 2 is 1.65 bits per heavy atom. The second-order valence-corrected chi connectivity index (χ2v) is 7.89. The molecule has 0 aliphatic heterocycles. The number of alkyl halides is 3. The van der Waals surface area contributed by atoms with Gasteiger partial charge in [-0.25, -0.2) is 0 Å². The lowest BCUT2D eigenvalue weighted by atomic mass is 9.98. The van der Waals surface area contributed by atoms with Crippen molar-refractivity contribution in [1.29, 1.82) is 0 Å². The molecule has 0 spiro atoms. The van der Waals surface area contributed by atoms with E-state index >= 15 is 0 Å². The first-order valence-corrected chi connectivity index (χ1v) is 10.2. The molecule has 1 aromatic heterocycles. The van der Waals surface area contributed by atoms with Gasteiger partial charge in [-0.1, -0.05) is 62.4 Å².